The molecule has 0 aliphatic carbocycles. The van der Waals surface area contributed by atoms with Crippen LogP contribution in [0.2, 0.25) is 0 Å². The third-order valence-corrected chi connectivity index (χ3v) is 6.74. The molecule has 3 rings (SSSR count). The van der Waals surface area contributed by atoms with Crippen molar-refractivity contribution in [3.8, 4) is 0 Å². The second kappa shape index (κ2) is 7.62. The summed E-state index contributed by atoms with van der Waals surface area (Å²) >= 11 is 0. The van der Waals surface area contributed by atoms with Crippen molar-refractivity contribution in [3.05, 3.63) is 65.7 Å². The largest absolute Gasteiger partial charge is 0.335 e. The number of hydrogen-bond acceptors (Lipinski definition) is 3. The molecule has 0 aromatic heterocycles. The van der Waals surface area contributed by atoms with Gasteiger partial charge in [-0.15, -0.1) is 0 Å². The van der Waals surface area contributed by atoms with Crippen molar-refractivity contribution in [1.29, 1.82) is 0 Å². The topological polar surface area (TPSA) is 54.5 Å². The Morgan fingerprint density at radius 2 is 1.85 bits per heavy atom. The molecular weight excluding hydrogens is 346 g/mol. The van der Waals surface area contributed by atoms with Gasteiger partial charge >= 0.3 is 0 Å². The molecule has 0 saturated carbocycles. The molecule has 2 aromatic rings. The zero-order chi connectivity index (χ0) is 18.7. The monoisotopic (exact) mass is 371 g/mol. The minimum absolute atomic E-state index is 0.0502. The molecule has 26 heavy (non-hydrogen) atoms. The van der Waals surface area contributed by atoms with Crippen LogP contribution in [0.4, 0.5) is 0 Å². The average Bonchev–Trinajstić information content (AvgIpc) is 3.05. The van der Waals surface area contributed by atoms with Crippen molar-refractivity contribution >= 4 is 15.7 Å². The fourth-order valence-electron chi connectivity index (χ4n) is 3.60. The zero-order valence-corrected chi connectivity index (χ0v) is 16.1. The van der Waals surface area contributed by atoms with Gasteiger partial charge in [0.1, 0.15) is 0 Å². The van der Waals surface area contributed by atoms with Gasteiger partial charge in [0, 0.05) is 6.54 Å². The van der Waals surface area contributed by atoms with Crippen molar-refractivity contribution in [3.63, 3.8) is 0 Å². The maximum atomic E-state index is 13.0. The van der Waals surface area contributed by atoms with Crippen LogP contribution in [0.3, 0.4) is 0 Å². The molecule has 0 N–H and O–H groups in total. The van der Waals surface area contributed by atoms with Crippen LogP contribution in [0, 0.1) is 5.92 Å². The summed E-state index contributed by atoms with van der Waals surface area (Å²) in [6.45, 7) is 4.53. The molecule has 1 aliphatic rings. The van der Waals surface area contributed by atoms with Gasteiger partial charge in [-0.25, -0.2) is 8.42 Å². The number of amides is 1. The lowest BCUT2D eigenvalue weighted by Gasteiger charge is -2.25. The highest BCUT2D eigenvalue weighted by Gasteiger charge is 2.33. The molecule has 1 fully saturated rings. The molecule has 2 atom stereocenters. The number of nitrogens with zero attached hydrogens (tertiary/aromatic N) is 1. The van der Waals surface area contributed by atoms with Crippen LogP contribution >= 0.6 is 0 Å². The summed E-state index contributed by atoms with van der Waals surface area (Å²) in [5.41, 5.74) is 1.91. The number of carbonyl (C=O) groups is 1. The Morgan fingerprint density at radius 3 is 2.54 bits per heavy atom. The molecule has 2 aromatic carbocycles. The van der Waals surface area contributed by atoms with Gasteiger partial charge in [-0.2, -0.15) is 0 Å². The molecule has 1 amide bonds. The summed E-state index contributed by atoms with van der Waals surface area (Å²) in [5.74, 6) is 0.564. The highest BCUT2D eigenvalue weighted by Crippen LogP contribution is 2.35. The summed E-state index contributed by atoms with van der Waals surface area (Å²) < 4.78 is 24.2. The smallest absolute Gasteiger partial charge is 0.227 e. The predicted molar refractivity (Wildman–Crippen MR) is 103 cm³/mol. The quantitative estimate of drug-likeness (QED) is 0.806. The lowest BCUT2D eigenvalue weighted by Crippen LogP contribution is -2.32. The van der Waals surface area contributed by atoms with Gasteiger partial charge in [0.15, 0.2) is 9.84 Å². The van der Waals surface area contributed by atoms with Gasteiger partial charge < -0.3 is 4.90 Å². The third-order valence-electron chi connectivity index (χ3n) is 5.01. The van der Waals surface area contributed by atoms with E-state index in [0.29, 0.717) is 10.8 Å². The standard InChI is InChI=1S/C21H25NO3S/c1-3-26(24,25)19-11-7-8-17(13-19)14-21(23)22-15-16(2)12-20(22)18-9-5-4-6-10-18/h4-11,13,16,20H,3,12,14-15H2,1-2H3. The molecule has 2 unspecified atom stereocenters. The first kappa shape index (κ1) is 18.6. The van der Waals surface area contributed by atoms with E-state index < -0.39 is 9.84 Å². The van der Waals surface area contributed by atoms with Gasteiger partial charge in [-0.3, -0.25) is 4.79 Å². The van der Waals surface area contributed by atoms with Gasteiger partial charge in [0.2, 0.25) is 5.91 Å². The van der Waals surface area contributed by atoms with Crippen LogP contribution in [0.5, 0.6) is 0 Å². The van der Waals surface area contributed by atoms with E-state index in [9.17, 15) is 13.2 Å². The fraction of sp³-hybridized carbons (Fsp3) is 0.381. The van der Waals surface area contributed by atoms with Crippen LogP contribution < -0.4 is 0 Å². The second-order valence-corrected chi connectivity index (χ2v) is 9.32. The highest BCUT2D eigenvalue weighted by atomic mass is 32.2. The number of rotatable bonds is 5. The molecule has 0 radical (unpaired) electrons. The SMILES string of the molecule is CCS(=O)(=O)c1cccc(CC(=O)N2CC(C)CC2c2ccccc2)c1. The van der Waals surface area contributed by atoms with E-state index in [1.807, 2.05) is 29.2 Å². The summed E-state index contributed by atoms with van der Waals surface area (Å²) in [4.78, 5) is 15.2. The van der Waals surface area contributed by atoms with E-state index in [-0.39, 0.29) is 24.1 Å². The van der Waals surface area contributed by atoms with Crippen LogP contribution in [0.1, 0.15) is 37.4 Å². The van der Waals surface area contributed by atoms with Crippen molar-refractivity contribution in [1.82, 2.24) is 4.90 Å². The van der Waals surface area contributed by atoms with Crippen molar-refractivity contribution in [2.75, 3.05) is 12.3 Å². The van der Waals surface area contributed by atoms with Gasteiger partial charge in [0.25, 0.3) is 0 Å². The molecular formula is C21H25NO3S. The molecule has 5 heteroatoms. The van der Waals surface area contributed by atoms with Gasteiger partial charge in [0.05, 0.1) is 23.1 Å². The van der Waals surface area contributed by atoms with Crippen LogP contribution in [0.25, 0.3) is 0 Å². The van der Waals surface area contributed by atoms with Crippen molar-refractivity contribution < 1.29 is 13.2 Å². The maximum Gasteiger partial charge on any atom is 0.227 e. The Kier molecular flexibility index (Phi) is 5.47. The molecule has 1 heterocycles. The fourth-order valence-corrected chi connectivity index (χ4v) is 4.55. The predicted octanol–water partition coefficient (Wildman–Crippen LogP) is 3.63. The molecule has 0 spiro atoms. The molecule has 0 bridgehead atoms. The van der Waals surface area contributed by atoms with E-state index >= 15 is 0 Å². The van der Waals surface area contributed by atoms with E-state index in [0.717, 1.165) is 24.1 Å². The normalized spacial score (nSPS) is 20.3. The van der Waals surface area contributed by atoms with Crippen LogP contribution in [-0.4, -0.2) is 31.5 Å². The molecule has 1 saturated heterocycles. The van der Waals surface area contributed by atoms with Crippen LogP contribution in [-0.2, 0) is 21.1 Å². The van der Waals surface area contributed by atoms with Gasteiger partial charge in [-0.1, -0.05) is 56.3 Å². The van der Waals surface area contributed by atoms with Crippen molar-refractivity contribution in [2.24, 2.45) is 5.92 Å². The summed E-state index contributed by atoms with van der Waals surface area (Å²) in [6, 6.07) is 17.0. The van der Waals surface area contributed by atoms with Gasteiger partial charge in [-0.05, 0) is 35.6 Å². The van der Waals surface area contributed by atoms with Crippen LogP contribution in [0.15, 0.2) is 59.5 Å². The number of carbonyl (C=O) groups excluding carboxylic acids is 1. The Hall–Kier alpha value is -2.14. The number of hydrogen-bond donors (Lipinski definition) is 0. The lowest BCUT2D eigenvalue weighted by molar-refractivity contribution is -0.131. The van der Waals surface area contributed by atoms with E-state index in [1.165, 1.54) is 0 Å². The summed E-state index contributed by atoms with van der Waals surface area (Å²) in [7, 11) is -3.26. The minimum atomic E-state index is -3.26. The van der Waals surface area contributed by atoms with E-state index in [1.54, 1.807) is 25.1 Å². The molecule has 138 valence electrons. The van der Waals surface area contributed by atoms with Crippen molar-refractivity contribution in [2.45, 2.75) is 37.6 Å². The maximum absolute atomic E-state index is 13.0. The third kappa shape index (κ3) is 3.98. The number of likely N-dealkylation sites (tertiary alicyclic amines) is 1. The lowest BCUT2D eigenvalue weighted by atomic mass is 10.0. The Morgan fingerprint density at radius 1 is 1.12 bits per heavy atom. The molecule has 4 nitrogen and oxygen atoms in total. The number of benzene rings is 2. The van der Waals surface area contributed by atoms with E-state index in [4.69, 9.17) is 0 Å². The number of sulfone groups is 1. The summed E-state index contributed by atoms with van der Waals surface area (Å²) in [5, 5.41) is 0. The first-order valence-electron chi connectivity index (χ1n) is 9.07. The average molecular weight is 372 g/mol. The highest BCUT2D eigenvalue weighted by molar-refractivity contribution is 7.91. The first-order chi connectivity index (χ1) is 12.4. The first-order valence-corrected chi connectivity index (χ1v) is 10.7. The summed E-state index contributed by atoms with van der Waals surface area (Å²) in [6.07, 6.45) is 1.18. The second-order valence-electron chi connectivity index (χ2n) is 7.04. The molecule has 1 aliphatic heterocycles. The minimum Gasteiger partial charge on any atom is -0.335 e. The Labute approximate surface area is 155 Å². The zero-order valence-electron chi connectivity index (χ0n) is 15.3. The Balaban J connectivity index is 1.80. The Bertz CT molecular complexity index is 877. The van der Waals surface area contributed by atoms with E-state index in [2.05, 4.69) is 19.1 Å².